The molecule has 2 aromatic rings. The van der Waals surface area contributed by atoms with Crippen LogP contribution in [0.3, 0.4) is 0 Å². The Morgan fingerprint density at radius 3 is 2.24 bits per heavy atom. The molecule has 1 aliphatic rings. The number of alkyl halides is 3. The molecule has 180 valence electrons. The summed E-state index contributed by atoms with van der Waals surface area (Å²) in [6.45, 7) is 6.29. The van der Waals surface area contributed by atoms with Gasteiger partial charge >= 0.3 is 12.1 Å². The molecule has 2 aromatic carbocycles. The van der Waals surface area contributed by atoms with Gasteiger partial charge in [0.05, 0.1) is 23.8 Å². The van der Waals surface area contributed by atoms with E-state index in [0.29, 0.717) is 28.6 Å². The highest BCUT2D eigenvalue weighted by Crippen LogP contribution is 2.32. The van der Waals surface area contributed by atoms with Gasteiger partial charge in [0, 0.05) is 23.5 Å². The van der Waals surface area contributed by atoms with E-state index in [-0.39, 0.29) is 12.2 Å². The first-order chi connectivity index (χ1) is 16.1. The predicted octanol–water partition coefficient (Wildman–Crippen LogP) is 5.05. The summed E-state index contributed by atoms with van der Waals surface area (Å²) in [7, 11) is 0. The first kappa shape index (κ1) is 25.2. The molecule has 0 aliphatic carbocycles. The molecule has 1 heterocycles. The fourth-order valence-electron chi connectivity index (χ4n) is 3.66. The molecule has 0 spiro atoms. The lowest BCUT2D eigenvalue weighted by Gasteiger charge is -2.37. The first-order valence-electron chi connectivity index (χ1n) is 10.6. The van der Waals surface area contributed by atoms with Crippen molar-refractivity contribution in [3.8, 4) is 0 Å². The smallest absolute Gasteiger partial charge is 0.416 e. The number of nitrogens with one attached hydrogen (secondary N) is 2. The molecule has 0 bridgehead atoms. The summed E-state index contributed by atoms with van der Waals surface area (Å²) in [6, 6.07) is 10.2. The quantitative estimate of drug-likeness (QED) is 0.436. The van der Waals surface area contributed by atoms with Crippen LogP contribution in [-0.4, -0.2) is 35.0 Å². The van der Waals surface area contributed by atoms with E-state index in [1.54, 1.807) is 31.2 Å². The highest BCUT2D eigenvalue weighted by atomic mass is 32.1. The van der Waals surface area contributed by atoms with Crippen LogP contribution >= 0.6 is 12.2 Å². The van der Waals surface area contributed by atoms with E-state index in [1.165, 1.54) is 0 Å². The standard InChI is InChI=1S/C24H24F3N3O3S/c1-4-30-14(3)19(22(32)33-5-2)20(29-23(30)34)15-8-12-18(13-9-15)28-21(31)16-6-10-17(11-7-16)24(25,26)27/h6-13,20H,4-5H2,1-3H3,(H,28,31)(H,29,34). The molecule has 34 heavy (non-hydrogen) atoms. The largest absolute Gasteiger partial charge is 0.463 e. The molecule has 0 aromatic heterocycles. The van der Waals surface area contributed by atoms with Crippen LogP contribution in [0.4, 0.5) is 18.9 Å². The number of carbonyl (C=O) groups is 2. The third-order valence-corrected chi connectivity index (χ3v) is 5.72. The second-order valence-corrected chi connectivity index (χ2v) is 7.88. The number of benzene rings is 2. The Kier molecular flexibility index (Phi) is 7.61. The van der Waals surface area contributed by atoms with Crippen LogP contribution in [0.25, 0.3) is 0 Å². The van der Waals surface area contributed by atoms with E-state index in [9.17, 15) is 22.8 Å². The van der Waals surface area contributed by atoms with Crippen molar-refractivity contribution in [3.05, 3.63) is 76.5 Å². The van der Waals surface area contributed by atoms with Crippen LogP contribution in [0.5, 0.6) is 0 Å². The summed E-state index contributed by atoms with van der Waals surface area (Å²) in [5, 5.41) is 6.32. The van der Waals surface area contributed by atoms with Crippen molar-refractivity contribution in [1.29, 1.82) is 0 Å². The molecule has 2 N–H and O–H groups in total. The Balaban J connectivity index is 1.81. The highest BCUT2D eigenvalue weighted by Gasteiger charge is 2.34. The van der Waals surface area contributed by atoms with E-state index >= 15 is 0 Å². The summed E-state index contributed by atoms with van der Waals surface area (Å²) >= 11 is 5.45. The lowest BCUT2D eigenvalue weighted by atomic mass is 9.95. The summed E-state index contributed by atoms with van der Waals surface area (Å²) in [6.07, 6.45) is -4.47. The number of nitrogens with zero attached hydrogens (tertiary/aromatic N) is 1. The van der Waals surface area contributed by atoms with Crippen LogP contribution in [0, 0.1) is 0 Å². The monoisotopic (exact) mass is 491 g/mol. The molecule has 0 saturated carbocycles. The van der Waals surface area contributed by atoms with Gasteiger partial charge < -0.3 is 20.3 Å². The van der Waals surface area contributed by atoms with E-state index in [0.717, 1.165) is 29.8 Å². The number of carbonyl (C=O) groups excluding carboxylic acids is 2. The van der Waals surface area contributed by atoms with E-state index in [4.69, 9.17) is 17.0 Å². The van der Waals surface area contributed by atoms with Crippen molar-refractivity contribution in [2.45, 2.75) is 33.0 Å². The molecule has 1 aliphatic heterocycles. The maximum absolute atomic E-state index is 12.7. The average Bonchev–Trinajstić information content (AvgIpc) is 2.79. The minimum atomic E-state index is -4.47. The fourth-order valence-corrected chi connectivity index (χ4v) is 4.04. The van der Waals surface area contributed by atoms with Gasteiger partial charge in [0.1, 0.15) is 0 Å². The second-order valence-electron chi connectivity index (χ2n) is 7.50. The topological polar surface area (TPSA) is 70.7 Å². The van der Waals surface area contributed by atoms with Gasteiger partial charge in [-0.15, -0.1) is 0 Å². The molecular formula is C24H24F3N3O3S. The Morgan fingerprint density at radius 1 is 1.09 bits per heavy atom. The van der Waals surface area contributed by atoms with Crippen molar-refractivity contribution < 1.29 is 27.5 Å². The van der Waals surface area contributed by atoms with Gasteiger partial charge in [0.15, 0.2) is 5.11 Å². The summed E-state index contributed by atoms with van der Waals surface area (Å²) in [5.41, 5.74) is 1.59. The van der Waals surface area contributed by atoms with Gasteiger partial charge in [-0.2, -0.15) is 13.2 Å². The SMILES string of the molecule is CCOC(=O)C1=C(C)N(CC)C(=S)NC1c1ccc(NC(=O)c2ccc(C(F)(F)F)cc2)cc1. The maximum atomic E-state index is 12.7. The summed E-state index contributed by atoms with van der Waals surface area (Å²) in [4.78, 5) is 26.9. The molecule has 3 rings (SSSR count). The van der Waals surface area contributed by atoms with Gasteiger partial charge in [0.2, 0.25) is 0 Å². The molecule has 1 amide bonds. The molecule has 1 unspecified atom stereocenters. The highest BCUT2D eigenvalue weighted by molar-refractivity contribution is 7.80. The summed E-state index contributed by atoms with van der Waals surface area (Å²) in [5.74, 6) is -0.988. The zero-order valence-electron chi connectivity index (χ0n) is 18.8. The first-order valence-corrected chi connectivity index (χ1v) is 11.0. The number of hydrogen-bond donors (Lipinski definition) is 2. The summed E-state index contributed by atoms with van der Waals surface area (Å²) < 4.78 is 43.4. The minimum absolute atomic E-state index is 0.0965. The molecular weight excluding hydrogens is 467 g/mol. The third-order valence-electron chi connectivity index (χ3n) is 5.38. The number of halogens is 3. The van der Waals surface area contributed by atoms with Crippen molar-refractivity contribution in [2.75, 3.05) is 18.5 Å². The number of rotatable bonds is 6. The molecule has 0 fully saturated rings. The van der Waals surface area contributed by atoms with Crippen LogP contribution in [-0.2, 0) is 15.7 Å². The zero-order valence-corrected chi connectivity index (χ0v) is 19.6. The van der Waals surface area contributed by atoms with Crippen LogP contribution in [0.2, 0.25) is 0 Å². The van der Waals surface area contributed by atoms with Crippen LogP contribution < -0.4 is 10.6 Å². The average molecular weight is 492 g/mol. The predicted molar refractivity (Wildman–Crippen MR) is 126 cm³/mol. The third kappa shape index (κ3) is 5.39. The van der Waals surface area contributed by atoms with E-state index in [1.807, 2.05) is 18.7 Å². The lowest BCUT2D eigenvalue weighted by Crippen LogP contribution is -2.47. The van der Waals surface area contributed by atoms with Crippen LogP contribution in [0.15, 0.2) is 59.8 Å². The van der Waals surface area contributed by atoms with Gasteiger partial charge in [-0.1, -0.05) is 12.1 Å². The van der Waals surface area contributed by atoms with Gasteiger partial charge in [-0.05, 0) is 75.0 Å². The van der Waals surface area contributed by atoms with Gasteiger partial charge in [-0.3, -0.25) is 4.79 Å². The van der Waals surface area contributed by atoms with Crippen molar-refractivity contribution >= 4 is 34.9 Å². The number of ether oxygens (including phenoxy) is 1. The van der Waals surface area contributed by atoms with Crippen molar-refractivity contribution in [2.24, 2.45) is 0 Å². The van der Waals surface area contributed by atoms with Crippen molar-refractivity contribution in [3.63, 3.8) is 0 Å². The normalized spacial score (nSPS) is 16.2. The van der Waals surface area contributed by atoms with Crippen molar-refractivity contribution in [1.82, 2.24) is 10.2 Å². The van der Waals surface area contributed by atoms with Gasteiger partial charge in [-0.25, -0.2) is 4.79 Å². The molecule has 6 nitrogen and oxygen atoms in total. The minimum Gasteiger partial charge on any atom is -0.463 e. The maximum Gasteiger partial charge on any atom is 0.416 e. The number of hydrogen-bond acceptors (Lipinski definition) is 4. The number of esters is 1. The molecule has 1 atom stereocenters. The Bertz CT molecular complexity index is 1110. The Labute approximate surface area is 200 Å². The van der Waals surface area contributed by atoms with E-state index < -0.39 is 29.7 Å². The zero-order chi connectivity index (χ0) is 25.0. The Hall–Kier alpha value is -3.40. The fraction of sp³-hybridized carbons (Fsp3) is 0.292. The van der Waals surface area contributed by atoms with Crippen LogP contribution in [0.1, 0.15) is 48.3 Å². The molecule has 10 heteroatoms. The lowest BCUT2D eigenvalue weighted by molar-refractivity contribution is -0.139. The van der Waals surface area contributed by atoms with E-state index in [2.05, 4.69) is 10.6 Å². The molecule has 0 radical (unpaired) electrons. The molecule has 0 saturated heterocycles. The number of anilines is 1. The number of thiocarbonyl (C=S) groups is 1. The number of amides is 1. The number of allylic oxidation sites excluding steroid dienone is 1. The Morgan fingerprint density at radius 2 is 1.71 bits per heavy atom. The second kappa shape index (κ2) is 10.3. The van der Waals surface area contributed by atoms with Gasteiger partial charge in [0.25, 0.3) is 5.91 Å².